The largest absolute Gasteiger partial charge is 0.303 e. The zero-order chi connectivity index (χ0) is 7.11. The molecule has 1 heteroatoms. The molecule has 0 N–H and O–H groups in total. The highest BCUT2D eigenvalue weighted by Gasteiger charge is 1.85. The van der Waals surface area contributed by atoms with Gasteiger partial charge in [-0.3, -0.25) is 0 Å². The van der Waals surface area contributed by atoms with Crippen molar-refractivity contribution in [2.45, 2.75) is 33.1 Å². The summed E-state index contributed by atoms with van der Waals surface area (Å²) in [6.07, 6.45) is 5.79. The summed E-state index contributed by atoms with van der Waals surface area (Å²) in [5.41, 5.74) is 1.32. The molecule has 0 spiro atoms. The lowest BCUT2D eigenvalue weighted by Gasteiger charge is -1.92. The van der Waals surface area contributed by atoms with E-state index in [0.29, 0.717) is 6.42 Å². The summed E-state index contributed by atoms with van der Waals surface area (Å²) in [5.74, 6) is 0. The minimum Gasteiger partial charge on any atom is -0.303 e. The molecule has 0 aliphatic heterocycles. The molecule has 0 fully saturated rings. The molecule has 1 nitrogen and oxygen atoms in total. The maximum Gasteiger partial charge on any atom is 0.120 e. The van der Waals surface area contributed by atoms with Gasteiger partial charge >= 0.3 is 0 Å². The molecule has 0 heterocycles. The van der Waals surface area contributed by atoms with Gasteiger partial charge in [0.2, 0.25) is 0 Å². The first-order chi connectivity index (χ1) is 4.31. The van der Waals surface area contributed by atoms with Gasteiger partial charge < -0.3 is 4.79 Å². The molecule has 0 bridgehead atoms. The summed E-state index contributed by atoms with van der Waals surface area (Å²) in [6.45, 7) is 4.16. The van der Waals surface area contributed by atoms with E-state index >= 15 is 0 Å². The van der Waals surface area contributed by atoms with E-state index in [2.05, 4.69) is 19.9 Å². The van der Waals surface area contributed by atoms with Crippen LogP contribution in [-0.4, -0.2) is 6.29 Å². The van der Waals surface area contributed by atoms with Crippen LogP contribution in [0.5, 0.6) is 0 Å². The Hall–Kier alpha value is -0.590. The van der Waals surface area contributed by atoms with E-state index in [9.17, 15) is 4.79 Å². The van der Waals surface area contributed by atoms with Crippen molar-refractivity contribution in [3.05, 3.63) is 11.6 Å². The number of allylic oxidation sites excluding steroid dienone is 2. The molecule has 0 aliphatic rings. The van der Waals surface area contributed by atoms with Crippen LogP contribution in [-0.2, 0) is 4.79 Å². The van der Waals surface area contributed by atoms with Crippen LogP contribution in [0.4, 0.5) is 0 Å². The Bertz CT molecular complexity index is 103. The first kappa shape index (κ1) is 8.41. The fourth-order valence-corrected chi connectivity index (χ4v) is 0.737. The minimum atomic E-state index is 0.669. The Labute approximate surface area is 56.8 Å². The van der Waals surface area contributed by atoms with Gasteiger partial charge in [-0.2, -0.15) is 0 Å². The number of hydrogen-bond donors (Lipinski definition) is 0. The van der Waals surface area contributed by atoms with Crippen LogP contribution in [0.1, 0.15) is 33.1 Å². The average Bonchev–Trinajstić information content (AvgIpc) is 1.85. The highest BCUT2D eigenvalue weighted by atomic mass is 16.1. The van der Waals surface area contributed by atoms with Crippen LogP contribution in [0.3, 0.4) is 0 Å². The number of hydrogen-bond acceptors (Lipinski definition) is 1. The third-order valence-corrected chi connectivity index (χ3v) is 1.21. The van der Waals surface area contributed by atoms with Crippen LogP contribution in [0, 0.1) is 0 Å². The molecular weight excluding hydrogens is 112 g/mol. The van der Waals surface area contributed by atoms with Crippen molar-refractivity contribution in [3.63, 3.8) is 0 Å². The summed E-state index contributed by atoms with van der Waals surface area (Å²) in [4.78, 5) is 9.89. The number of rotatable bonds is 4. The Morgan fingerprint density at radius 2 is 2.22 bits per heavy atom. The van der Waals surface area contributed by atoms with Crippen molar-refractivity contribution in [1.82, 2.24) is 0 Å². The van der Waals surface area contributed by atoms with Crippen molar-refractivity contribution in [2.75, 3.05) is 0 Å². The molecule has 0 unspecified atom stereocenters. The third-order valence-electron chi connectivity index (χ3n) is 1.21. The fourth-order valence-electron chi connectivity index (χ4n) is 0.737. The van der Waals surface area contributed by atoms with Gasteiger partial charge in [0.15, 0.2) is 0 Å². The maximum absolute atomic E-state index is 9.89. The zero-order valence-electron chi connectivity index (χ0n) is 6.18. The lowest BCUT2D eigenvalue weighted by molar-refractivity contribution is -0.107. The quantitative estimate of drug-likeness (QED) is 0.417. The lowest BCUT2D eigenvalue weighted by atomic mass is 10.1. The summed E-state index contributed by atoms with van der Waals surface area (Å²) in [7, 11) is 0. The minimum absolute atomic E-state index is 0.669. The molecule has 0 aliphatic carbocycles. The number of aldehydes is 1. The summed E-state index contributed by atoms with van der Waals surface area (Å²) in [5, 5.41) is 0. The van der Waals surface area contributed by atoms with Crippen molar-refractivity contribution in [3.8, 4) is 0 Å². The molecule has 0 saturated carbocycles. The van der Waals surface area contributed by atoms with Gasteiger partial charge in [-0.25, -0.2) is 0 Å². The Morgan fingerprint density at radius 1 is 1.56 bits per heavy atom. The second-order valence-electron chi connectivity index (χ2n) is 2.16. The molecular formula is C8H14O. The lowest BCUT2D eigenvalue weighted by Crippen LogP contribution is -1.78. The molecule has 0 radical (unpaired) electrons. The van der Waals surface area contributed by atoms with Gasteiger partial charge in [0.05, 0.1) is 0 Å². The number of carbonyl (C=O) groups is 1. The van der Waals surface area contributed by atoms with E-state index in [1.165, 1.54) is 5.57 Å². The van der Waals surface area contributed by atoms with E-state index in [1.54, 1.807) is 0 Å². The maximum atomic E-state index is 9.89. The van der Waals surface area contributed by atoms with Crippen LogP contribution in [0.15, 0.2) is 11.6 Å². The highest BCUT2D eigenvalue weighted by Crippen LogP contribution is 2.02. The molecule has 0 rings (SSSR count). The van der Waals surface area contributed by atoms with Crippen molar-refractivity contribution in [1.29, 1.82) is 0 Å². The molecule has 0 aromatic rings. The van der Waals surface area contributed by atoms with Gasteiger partial charge in [-0.15, -0.1) is 0 Å². The predicted molar refractivity (Wildman–Crippen MR) is 39.3 cm³/mol. The van der Waals surface area contributed by atoms with Gasteiger partial charge in [0.25, 0.3) is 0 Å². The molecule has 0 atom stereocenters. The summed E-state index contributed by atoms with van der Waals surface area (Å²) >= 11 is 0. The molecule has 52 valence electrons. The standard InChI is InChI=1S/C8H14O/c1-3-5-8(2)6-4-7-9/h5,7H,3-4,6H2,1-2H3/b8-5-. The van der Waals surface area contributed by atoms with Crippen molar-refractivity contribution in [2.24, 2.45) is 0 Å². The Kier molecular flexibility index (Phi) is 5.18. The van der Waals surface area contributed by atoms with Gasteiger partial charge in [-0.1, -0.05) is 18.6 Å². The van der Waals surface area contributed by atoms with E-state index in [0.717, 1.165) is 19.1 Å². The van der Waals surface area contributed by atoms with Crippen LogP contribution < -0.4 is 0 Å². The Morgan fingerprint density at radius 3 is 2.67 bits per heavy atom. The first-order valence-corrected chi connectivity index (χ1v) is 3.40. The van der Waals surface area contributed by atoms with E-state index in [4.69, 9.17) is 0 Å². The molecule has 0 aromatic carbocycles. The van der Waals surface area contributed by atoms with Crippen LogP contribution in [0.25, 0.3) is 0 Å². The SMILES string of the molecule is CC/C=C(/C)CCC=O. The molecule has 0 saturated heterocycles. The topological polar surface area (TPSA) is 17.1 Å². The van der Waals surface area contributed by atoms with Gasteiger partial charge in [0.1, 0.15) is 6.29 Å². The summed E-state index contributed by atoms with van der Waals surface area (Å²) < 4.78 is 0. The normalized spacial score (nSPS) is 11.6. The number of carbonyl (C=O) groups excluding carboxylic acids is 1. The average molecular weight is 126 g/mol. The molecule has 0 aromatic heterocycles. The second kappa shape index (κ2) is 5.54. The van der Waals surface area contributed by atoms with Crippen LogP contribution >= 0.6 is 0 Å². The van der Waals surface area contributed by atoms with E-state index in [1.807, 2.05) is 0 Å². The monoisotopic (exact) mass is 126 g/mol. The highest BCUT2D eigenvalue weighted by molar-refractivity contribution is 5.49. The van der Waals surface area contributed by atoms with Crippen molar-refractivity contribution < 1.29 is 4.79 Å². The first-order valence-electron chi connectivity index (χ1n) is 3.40. The van der Waals surface area contributed by atoms with E-state index < -0.39 is 0 Å². The van der Waals surface area contributed by atoms with Crippen LogP contribution in [0.2, 0.25) is 0 Å². The predicted octanol–water partition coefficient (Wildman–Crippen LogP) is 2.32. The molecule has 0 amide bonds. The fraction of sp³-hybridized carbons (Fsp3) is 0.625. The Balaban J connectivity index is 3.36. The van der Waals surface area contributed by atoms with Crippen molar-refractivity contribution >= 4 is 6.29 Å². The third kappa shape index (κ3) is 5.28. The molecule has 9 heavy (non-hydrogen) atoms. The van der Waals surface area contributed by atoms with Gasteiger partial charge in [0, 0.05) is 6.42 Å². The smallest absolute Gasteiger partial charge is 0.120 e. The van der Waals surface area contributed by atoms with Gasteiger partial charge in [-0.05, 0) is 19.8 Å². The van der Waals surface area contributed by atoms with E-state index in [-0.39, 0.29) is 0 Å². The second-order valence-corrected chi connectivity index (χ2v) is 2.16. The zero-order valence-corrected chi connectivity index (χ0v) is 6.18. The summed E-state index contributed by atoms with van der Waals surface area (Å²) in [6, 6.07) is 0.